The summed E-state index contributed by atoms with van der Waals surface area (Å²) in [6.07, 6.45) is 1.39. The van der Waals surface area contributed by atoms with Gasteiger partial charge in [0.1, 0.15) is 0 Å². The molecule has 1 aliphatic rings. The minimum Gasteiger partial charge on any atom is -0.317 e. The molecule has 0 aromatic heterocycles. The van der Waals surface area contributed by atoms with Crippen molar-refractivity contribution in [3.63, 3.8) is 0 Å². The Hall–Kier alpha value is 0.160. The Morgan fingerprint density at radius 3 is 1.56 bits per heavy atom. The third kappa shape index (κ3) is 17.9. The van der Waals surface area contributed by atoms with E-state index in [2.05, 4.69) is 21.1 Å². The van der Waals surface area contributed by atoms with Gasteiger partial charge in [-0.3, -0.25) is 0 Å². The third-order valence-electron chi connectivity index (χ3n) is 0.707. The number of halogens is 1. The van der Waals surface area contributed by atoms with E-state index in [1.165, 1.54) is 19.5 Å². The van der Waals surface area contributed by atoms with Gasteiger partial charge in [-0.2, -0.15) is 8.42 Å². The normalized spacial score (nSPS) is 17.1. The second-order valence-electron chi connectivity index (χ2n) is 1.58. The van der Waals surface area contributed by atoms with Crippen molar-refractivity contribution in [3.05, 3.63) is 0 Å². The summed E-state index contributed by atoms with van der Waals surface area (Å²) in [6.45, 7) is 2.50. The third-order valence-corrected chi connectivity index (χ3v) is 0.707. The fourth-order valence-corrected chi connectivity index (χ4v) is 0.177. The molecule has 0 radical (unpaired) electrons. The highest BCUT2D eigenvalue weighted by molar-refractivity contribution is 8.11. The lowest BCUT2D eigenvalue weighted by atomic mass is 10.3. The lowest BCUT2D eigenvalue weighted by Crippen LogP contribution is -2.29. The molecule has 0 unspecified atom stereocenters. The number of rotatable bonds is 0. The van der Waals surface area contributed by atoms with Gasteiger partial charge in [-0.05, 0) is 19.5 Å². The molecular formula is C3H9ClN2O2S. The second kappa shape index (κ2) is 4.05. The predicted octanol–water partition coefficient (Wildman–Crippen LogP) is -0.592. The van der Waals surface area contributed by atoms with Gasteiger partial charge in [0.2, 0.25) is 0 Å². The Bertz CT molecular complexity index is 139. The Morgan fingerprint density at radius 1 is 1.44 bits per heavy atom. The monoisotopic (exact) mass is 172 g/mol. The molecule has 1 fully saturated rings. The van der Waals surface area contributed by atoms with Crippen molar-refractivity contribution >= 4 is 19.9 Å². The van der Waals surface area contributed by atoms with E-state index in [1.54, 1.807) is 0 Å². The Balaban J connectivity index is 0.000000144. The smallest absolute Gasteiger partial charge is 0.294 e. The van der Waals surface area contributed by atoms with Gasteiger partial charge in [0.25, 0.3) is 9.24 Å². The maximum atomic E-state index is 9.18. The molecule has 0 spiro atoms. The summed E-state index contributed by atoms with van der Waals surface area (Å²) < 4.78 is 18.4. The predicted molar refractivity (Wildman–Crippen MR) is 36.4 cm³/mol. The first-order valence-corrected chi connectivity index (χ1v) is 4.80. The lowest BCUT2D eigenvalue weighted by molar-refractivity contribution is 0.527. The molecule has 4 nitrogen and oxygen atoms in total. The van der Waals surface area contributed by atoms with Crippen molar-refractivity contribution in [2.45, 2.75) is 6.42 Å². The van der Waals surface area contributed by atoms with Crippen LogP contribution in [-0.4, -0.2) is 21.5 Å². The first-order valence-electron chi connectivity index (χ1n) is 2.43. The number of nitrogens with one attached hydrogen (secondary N) is 1. The van der Waals surface area contributed by atoms with Crippen molar-refractivity contribution in [2.24, 2.45) is 5.14 Å². The fourth-order valence-electron chi connectivity index (χ4n) is 0.177. The second-order valence-corrected chi connectivity index (χ2v) is 3.82. The zero-order valence-corrected chi connectivity index (χ0v) is 6.37. The molecule has 1 rings (SSSR count). The molecule has 0 saturated carbocycles. The molecule has 3 N–H and O–H groups in total. The summed E-state index contributed by atoms with van der Waals surface area (Å²) in [7, 11) is 0.586. The topological polar surface area (TPSA) is 72.2 Å². The SMILES string of the molecule is C1CNC1.NS(=O)(=O)Cl. The van der Waals surface area contributed by atoms with Crippen molar-refractivity contribution in [1.82, 2.24) is 5.32 Å². The molecule has 9 heavy (non-hydrogen) atoms. The fraction of sp³-hybridized carbons (Fsp3) is 1.00. The maximum Gasteiger partial charge on any atom is 0.294 e. The standard InChI is InChI=1S/C3H7N.ClH2NO2S/c1-2-4-3-1;1-5(2,3)4/h4H,1-3H2;(H2,2,3,4). The number of nitrogens with two attached hydrogens (primary N) is 1. The molecule has 1 saturated heterocycles. The molecule has 0 aromatic rings. The quantitative estimate of drug-likeness (QED) is 0.480. The van der Waals surface area contributed by atoms with Crippen LogP contribution < -0.4 is 10.5 Å². The van der Waals surface area contributed by atoms with E-state index in [-0.39, 0.29) is 0 Å². The van der Waals surface area contributed by atoms with Gasteiger partial charge < -0.3 is 5.32 Å². The zero-order valence-electron chi connectivity index (χ0n) is 4.80. The van der Waals surface area contributed by atoms with Gasteiger partial charge in [0, 0.05) is 10.7 Å². The molecule has 0 bridgehead atoms. The summed E-state index contributed by atoms with van der Waals surface area (Å²) in [5.41, 5.74) is 0. The van der Waals surface area contributed by atoms with Crippen molar-refractivity contribution in [2.75, 3.05) is 13.1 Å². The minimum atomic E-state index is -3.69. The van der Waals surface area contributed by atoms with E-state index in [0.717, 1.165) is 0 Å². The van der Waals surface area contributed by atoms with Gasteiger partial charge in [-0.1, -0.05) is 0 Å². The number of hydrogen-bond donors (Lipinski definition) is 2. The highest BCUT2D eigenvalue weighted by atomic mass is 35.7. The van der Waals surface area contributed by atoms with E-state index in [4.69, 9.17) is 0 Å². The first-order chi connectivity index (χ1) is 4.00. The van der Waals surface area contributed by atoms with Gasteiger partial charge in [-0.15, -0.1) is 0 Å². The summed E-state index contributed by atoms with van der Waals surface area (Å²) in [5, 5.41) is 7.20. The Kier molecular flexibility index (Phi) is 4.12. The van der Waals surface area contributed by atoms with Crippen molar-refractivity contribution in [3.8, 4) is 0 Å². The highest BCUT2D eigenvalue weighted by Crippen LogP contribution is 1.80. The summed E-state index contributed by atoms with van der Waals surface area (Å²) in [4.78, 5) is 0. The molecule has 0 atom stereocenters. The average molecular weight is 173 g/mol. The van der Waals surface area contributed by atoms with E-state index in [9.17, 15) is 8.42 Å². The van der Waals surface area contributed by atoms with Crippen LogP contribution in [0.1, 0.15) is 6.42 Å². The molecule has 1 heterocycles. The van der Waals surface area contributed by atoms with Gasteiger partial charge in [-0.25, -0.2) is 5.14 Å². The van der Waals surface area contributed by atoms with Crippen LogP contribution >= 0.6 is 10.7 Å². The largest absolute Gasteiger partial charge is 0.317 e. The zero-order chi connectivity index (χ0) is 7.33. The van der Waals surface area contributed by atoms with Gasteiger partial charge in [0.15, 0.2) is 0 Å². The van der Waals surface area contributed by atoms with E-state index >= 15 is 0 Å². The van der Waals surface area contributed by atoms with Crippen LogP contribution in [0, 0.1) is 0 Å². The summed E-state index contributed by atoms with van der Waals surface area (Å²) in [6, 6.07) is 0. The Labute approximate surface area is 58.9 Å². The van der Waals surface area contributed by atoms with E-state index in [1.807, 2.05) is 0 Å². The van der Waals surface area contributed by atoms with Crippen LogP contribution in [0.4, 0.5) is 0 Å². The van der Waals surface area contributed by atoms with Crippen molar-refractivity contribution < 1.29 is 8.42 Å². The van der Waals surface area contributed by atoms with Crippen LogP contribution in [0.15, 0.2) is 0 Å². The first kappa shape index (κ1) is 9.16. The average Bonchev–Trinajstić information content (AvgIpc) is 1.12. The van der Waals surface area contributed by atoms with Crippen LogP contribution in [0.3, 0.4) is 0 Å². The molecule has 56 valence electrons. The summed E-state index contributed by atoms with van der Waals surface area (Å²) >= 11 is 0. The maximum absolute atomic E-state index is 9.18. The highest BCUT2D eigenvalue weighted by Gasteiger charge is 1.92. The van der Waals surface area contributed by atoms with Gasteiger partial charge in [0.05, 0.1) is 0 Å². The van der Waals surface area contributed by atoms with Gasteiger partial charge >= 0.3 is 0 Å². The Morgan fingerprint density at radius 2 is 1.56 bits per heavy atom. The molecule has 0 aliphatic carbocycles. The molecule has 0 amide bonds. The minimum absolute atomic E-state index is 1.25. The van der Waals surface area contributed by atoms with E-state index < -0.39 is 9.24 Å². The van der Waals surface area contributed by atoms with Crippen LogP contribution in [0.2, 0.25) is 0 Å². The van der Waals surface area contributed by atoms with Crippen LogP contribution in [-0.2, 0) is 9.24 Å². The molecule has 6 heteroatoms. The molecule has 1 aliphatic heterocycles. The van der Waals surface area contributed by atoms with Crippen molar-refractivity contribution in [1.29, 1.82) is 0 Å². The van der Waals surface area contributed by atoms with Crippen LogP contribution in [0.25, 0.3) is 0 Å². The molecule has 0 aromatic carbocycles. The number of hydrogen-bond acceptors (Lipinski definition) is 3. The van der Waals surface area contributed by atoms with E-state index in [0.29, 0.717) is 0 Å². The summed E-state index contributed by atoms with van der Waals surface area (Å²) in [5.74, 6) is 0. The molecular weight excluding hydrogens is 164 g/mol. The lowest BCUT2D eigenvalue weighted by Gasteiger charge is -2.09. The van der Waals surface area contributed by atoms with Crippen LogP contribution in [0.5, 0.6) is 0 Å².